The molecule has 216 valence electrons. The van der Waals surface area contributed by atoms with Crippen molar-refractivity contribution in [1.82, 2.24) is 0 Å². The zero-order chi connectivity index (χ0) is 30.5. The van der Waals surface area contributed by atoms with E-state index >= 15 is 0 Å². The number of benzene rings is 8. The molecule has 0 unspecified atom stereocenters. The summed E-state index contributed by atoms with van der Waals surface area (Å²) in [5.41, 5.74) is 9.89. The van der Waals surface area contributed by atoms with Crippen molar-refractivity contribution in [3.05, 3.63) is 176 Å². The zero-order valence-electron chi connectivity index (χ0n) is 25.1. The third-order valence-corrected chi connectivity index (χ3v) is 9.03. The SMILES string of the molecule is c1ccc(-c2cc3c4cc(N(c5ccccc5)c5ccc(-c6ccc7ccccc7c6)cc5)ccc4oc3c3ccccc23)cc1. The summed E-state index contributed by atoms with van der Waals surface area (Å²) < 4.78 is 6.58. The monoisotopic (exact) mass is 587 g/mol. The molecule has 46 heavy (non-hydrogen) atoms. The highest BCUT2D eigenvalue weighted by atomic mass is 16.3. The number of furan rings is 1. The number of fused-ring (bicyclic) bond motifs is 6. The third-order valence-electron chi connectivity index (χ3n) is 9.03. The molecule has 0 saturated heterocycles. The number of para-hydroxylation sites is 1. The van der Waals surface area contributed by atoms with Crippen molar-refractivity contribution in [1.29, 1.82) is 0 Å². The van der Waals surface area contributed by atoms with E-state index in [1.165, 1.54) is 38.4 Å². The Labute approximate surface area is 267 Å². The van der Waals surface area contributed by atoms with Crippen LogP contribution in [0.25, 0.3) is 65.7 Å². The number of hydrogen-bond acceptors (Lipinski definition) is 2. The molecular weight excluding hydrogens is 558 g/mol. The molecule has 0 N–H and O–H groups in total. The highest BCUT2D eigenvalue weighted by Crippen LogP contribution is 2.43. The first-order chi connectivity index (χ1) is 22.8. The molecule has 0 aliphatic carbocycles. The molecule has 0 fully saturated rings. The van der Waals surface area contributed by atoms with E-state index in [0.29, 0.717) is 0 Å². The second-order valence-corrected chi connectivity index (χ2v) is 11.8. The molecule has 0 amide bonds. The van der Waals surface area contributed by atoms with Gasteiger partial charge in [0.05, 0.1) is 0 Å². The predicted molar refractivity (Wildman–Crippen MR) is 194 cm³/mol. The van der Waals surface area contributed by atoms with E-state index in [1.807, 2.05) is 0 Å². The minimum Gasteiger partial charge on any atom is -0.455 e. The highest BCUT2D eigenvalue weighted by Gasteiger charge is 2.18. The van der Waals surface area contributed by atoms with Gasteiger partial charge in [-0.2, -0.15) is 0 Å². The van der Waals surface area contributed by atoms with Crippen LogP contribution in [-0.4, -0.2) is 0 Å². The average Bonchev–Trinajstić information content (AvgIpc) is 3.50. The molecule has 0 aliphatic heterocycles. The Kier molecular flexibility index (Phi) is 6.17. The summed E-state index contributed by atoms with van der Waals surface area (Å²) in [5.74, 6) is 0. The first-order valence-corrected chi connectivity index (χ1v) is 15.7. The molecule has 9 rings (SSSR count). The van der Waals surface area contributed by atoms with E-state index in [-0.39, 0.29) is 0 Å². The predicted octanol–water partition coefficient (Wildman–Crippen LogP) is 12.7. The molecule has 0 atom stereocenters. The maximum absolute atomic E-state index is 6.58. The van der Waals surface area contributed by atoms with Crippen molar-refractivity contribution in [2.24, 2.45) is 0 Å². The first kappa shape index (κ1) is 26.3. The van der Waals surface area contributed by atoms with Gasteiger partial charge < -0.3 is 9.32 Å². The summed E-state index contributed by atoms with van der Waals surface area (Å²) in [6.07, 6.45) is 0. The van der Waals surface area contributed by atoms with Gasteiger partial charge in [0.2, 0.25) is 0 Å². The maximum Gasteiger partial charge on any atom is 0.143 e. The van der Waals surface area contributed by atoms with E-state index in [2.05, 4.69) is 181 Å². The summed E-state index contributed by atoms with van der Waals surface area (Å²) >= 11 is 0. The van der Waals surface area contributed by atoms with Crippen molar-refractivity contribution in [2.45, 2.75) is 0 Å². The smallest absolute Gasteiger partial charge is 0.143 e. The van der Waals surface area contributed by atoms with Crippen LogP contribution < -0.4 is 4.90 Å². The molecule has 1 heterocycles. The minimum absolute atomic E-state index is 0.883. The lowest BCUT2D eigenvalue weighted by Gasteiger charge is -2.25. The standard InChI is InChI=1S/C44H29NO/c1-3-12-32(13-4-1)40-29-42-41-28-37(25-26-43(41)46-44(42)39-18-10-9-17-38(39)40)45(35-15-5-2-6-16-35)36-23-21-31(22-24-36)34-20-19-30-11-7-8-14-33(30)27-34/h1-29H. The van der Waals surface area contributed by atoms with Gasteiger partial charge in [0, 0.05) is 33.2 Å². The molecule has 2 nitrogen and oxygen atoms in total. The Hall–Kier alpha value is -6.12. The molecule has 1 aromatic heterocycles. The van der Waals surface area contributed by atoms with Gasteiger partial charge in [0.25, 0.3) is 0 Å². The van der Waals surface area contributed by atoms with Crippen molar-refractivity contribution in [2.75, 3.05) is 4.90 Å². The summed E-state index contributed by atoms with van der Waals surface area (Å²) in [5, 5.41) is 7.04. The van der Waals surface area contributed by atoms with Crippen LogP contribution in [0.4, 0.5) is 17.1 Å². The van der Waals surface area contributed by atoms with Gasteiger partial charge in [-0.05, 0) is 93.0 Å². The Balaban J connectivity index is 1.20. The quantitative estimate of drug-likeness (QED) is 0.199. The van der Waals surface area contributed by atoms with Crippen LogP contribution in [-0.2, 0) is 0 Å². The topological polar surface area (TPSA) is 16.4 Å². The van der Waals surface area contributed by atoms with Gasteiger partial charge in [-0.1, -0.05) is 121 Å². The van der Waals surface area contributed by atoms with Crippen molar-refractivity contribution in [3.8, 4) is 22.3 Å². The molecule has 9 aromatic rings. The Morgan fingerprint density at radius 3 is 1.78 bits per heavy atom. The van der Waals surface area contributed by atoms with Crippen molar-refractivity contribution in [3.63, 3.8) is 0 Å². The summed E-state index contributed by atoms with van der Waals surface area (Å²) in [4.78, 5) is 2.32. The second-order valence-electron chi connectivity index (χ2n) is 11.8. The van der Waals surface area contributed by atoms with Crippen LogP contribution in [0.2, 0.25) is 0 Å². The van der Waals surface area contributed by atoms with Crippen LogP contribution in [0, 0.1) is 0 Å². The molecule has 2 heteroatoms. The highest BCUT2D eigenvalue weighted by molar-refractivity contribution is 6.19. The first-order valence-electron chi connectivity index (χ1n) is 15.7. The fourth-order valence-electron chi connectivity index (χ4n) is 6.78. The number of anilines is 3. The molecule has 0 saturated carbocycles. The van der Waals surface area contributed by atoms with E-state index in [0.717, 1.165) is 44.4 Å². The lowest BCUT2D eigenvalue weighted by atomic mass is 9.95. The van der Waals surface area contributed by atoms with E-state index in [4.69, 9.17) is 4.42 Å². The molecule has 8 aromatic carbocycles. The van der Waals surface area contributed by atoms with Gasteiger partial charge in [-0.25, -0.2) is 0 Å². The fraction of sp³-hybridized carbons (Fsp3) is 0. The molecular formula is C44H29NO. The van der Waals surface area contributed by atoms with Crippen LogP contribution in [0.5, 0.6) is 0 Å². The largest absolute Gasteiger partial charge is 0.455 e. The lowest BCUT2D eigenvalue weighted by molar-refractivity contribution is 0.672. The number of hydrogen-bond donors (Lipinski definition) is 0. The molecule has 0 aliphatic rings. The second kappa shape index (κ2) is 10.8. The minimum atomic E-state index is 0.883. The van der Waals surface area contributed by atoms with Gasteiger partial charge in [-0.3, -0.25) is 0 Å². The van der Waals surface area contributed by atoms with Crippen molar-refractivity contribution < 1.29 is 4.42 Å². The normalized spacial score (nSPS) is 11.5. The Morgan fingerprint density at radius 1 is 0.348 bits per heavy atom. The Morgan fingerprint density at radius 2 is 0.978 bits per heavy atom. The fourth-order valence-corrected chi connectivity index (χ4v) is 6.78. The van der Waals surface area contributed by atoms with Crippen LogP contribution in [0.1, 0.15) is 0 Å². The summed E-state index contributed by atoms with van der Waals surface area (Å²) in [7, 11) is 0. The van der Waals surface area contributed by atoms with Gasteiger partial charge in [0.15, 0.2) is 0 Å². The van der Waals surface area contributed by atoms with Crippen LogP contribution >= 0.6 is 0 Å². The zero-order valence-corrected chi connectivity index (χ0v) is 25.1. The van der Waals surface area contributed by atoms with Crippen molar-refractivity contribution >= 4 is 60.5 Å². The third kappa shape index (κ3) is 4.43. The summed E-state index contributed by atoms with van der Waals surface area (Å²) in [6, 6.07) is 62.7. The van der Waals surface area contributed by atoms with E-state index < -0.39 is 0 Å². The molecule has 0 spiro atoms. The maximum atomic E-state index is 6.58. The Bertz CT molecular complexity index is 2510. The summed E-state index contributed by atoms with van der Waals surface area (Å²) in [6.45, 7) is 0. The van der Waals surface area contributed by atoms with Gasteiger partial charge in [0.1, 0.15) is 11.2 Å². The lowest BCUT2D eigenvalue weighted by Crippen LogP contribution is -2.09. The van der Waals surface area contributed by atoms with Crippen LogP contribution in [0.15, 0.2) is 180 Å². The average molecular weight is 588 g/mol. The van der Waals surface area contributed by atoms with Gasteiger partial charge >= 0.3 is 0 Å². The van der Waals surface area contributed by atoms with E-state index in [9.17, 15) is 0 Å². The van der Waals surface area contributed by atoms with Gasteiger partial charge in [-0.15, -0.1) is 0 Å². The number of nitrogens with zero attached hydrogens (tertiary/aromatic N) is 1. The molecule has 0 bridgehead atoms. The molecule has 0 radical (unpaired) electrons. The van der Waals surface area contributed by atoms with Crippen LogP contribution in [0.3, 0.4) is 0 Å². The number of rotatable bonds is 5. The van der Waals surface area contributed by atoms with E-state index in [1.54, 1.807) is 0 Å².